The van der Waals surface area contributed by atoms with Crippen LogP contribution < -0.4 is 5.32 Å². The van der Waals surface area contributed by atoms with Crippen molar-refractivity contribution in [1.29, 1.82) is 0 Å². The molecule has 0 aliphatic carbocycles. The van der Waals surface area contributed by atoms with E-state index < -0.39 is 0 Å². The molecule has 0 atom stereocenters. The summed E-state index contributed by atoms with van der Waals surface area (Å²) in [6.07, 6.45) is 1.48. The molecule has 0 radical (unpaired) electrons. The van der Waals surface area contributed by atoms with Crippen LogP contribution in [0.2, 0.25) is 4.47 Å². The highest BCUT2D eigenvalue weighted by molar-refractivity contribution is 7.17. The summed E-state index contributed by atoms with van der Waals surface area (Å²) in [5.41, 5.74) is 2.92. The minimum absolute atomic E-state index is 0.174. The molecule has 1 aromatic heterocycles. The first-order valence-electron chi connectivity index (χ1n) is 5.07. The minimum atomic E-state index is -0.174. The number of hydrogen-bond acceptors (Lipinski definition) is 3. The number of carbonyl (C=O) groups excluding carboxylic acids is 1. The van der Waals surface area contributed by atoms with Crippen molar-refractivity contribution in [1.82, 2.24) is 4.98 Å². The van der Waals surface area contributed by atoms with Gasteiger partial charge >= 0.3 is 0 Å². The number of aromatic nitrogens is 1. The van der Waals surface area contributed by atoms with Gasteiger partial charge in [0, 0.05) is 5.69 Å². The lowest BCUT2D eigenvalue weighted by Crippen LogP contribution is -2.12. The van der Waals surface area contributed by atoms with Gasteiger partial charge in [-0.05, 0) is 25.0 Å². The third-order valence-corrected chi connectivity index (χ3v) is 3.53. The summed E-state index contributed by atoms with van der Waals surface area (Å²) in [4.78, 5) is 16.3. The van der Waals surface area contributed by atoms with E-state index in [2.05, 4.69) is 10.3 Å². The third-order valence-electron chi connectivity index (χ3n) is 2.42. The van der Waals surface area contributed by atoms with Crippen molar-refractivity contribution in [2.24, 2.45) is 0 Å². The number of aryl methyl sites for hydroxylation is 2. The van der Waals surface area contributed by atoms with Gasteiger partial charge in [0.05, 0.1) is 6.20 Å². The smallest absolute Gasteiger partial charge is 0.267 e. The van der Waals surface area contributed by atoms with Crippen molar-refractivity contribution in [2.45, 2.75) is 13.8 Å². The van der Waals surface area contributed by atoms with Crippen LogP contribution in [-0.2, 0) is 0 Å². The predicted molar refractivity (Wildman–Crippen MR) is 71.0 cm³/mol. The topological polar surface area (TPSA) is 42.0 Å². The average molecular weight is 267 g/mol. The Morgan fingerprint density at radius 2 is 2.00 bits per heavy atom. The maximum atomic E-state index is 11.9. The molecule has 3 nitrogen and oxygen atoms in total. The quantitative estimate of drug-likeness (QED) is 0.901. The van der Waals surface area contributed by atoms with E-state index in [1.54, 1.807) is 0 Å². The van der Waals surface area contributed by atoms with Crippen LogP contribution >= 0.6 is 22.9 Å². The van der Waals surface area contributed by atoms with Crippen LogP contribution in [0.4, 0.5) is 5.69 Å². The van der Waals surface area contributed by atoms with E-state index in [1.165, 1.54) is 17.5 Å². The molecule has 1 heterocycles. The lowest BCUT2D eigenvalue weighted by Gasteiger charge is -2.10. The summed E-state index contributed by atoms with van der Waals surface area (Å²) in [5.74, 6) is -0.174. The Bertz CT molecular complexity index is 545. The number of amides is 1. The summed E-state index contributed by atoms with van der Waals surface area (Å²) in [7, 11) is 0. The number of anilines is 1. The van der Waals surface area contributed by atoms with Gasteiger partial charge < -0.3 is 5.32 Å². The second kappa shape index (κ2) is 4.85. The zero-order valence-corrected chi connectivity index (χ0v) is 11.0. The fraction of sp³-hybridized carbons (Fsp3) is 0.167. The standard InChI is InChI=1S/C12H11ClN2OS/c1-7-4-3-5-8(2)10(7)15-11(16)9-6-14-12(13)17-9/h3-6H,1-2H3,(H,15,16). The fourth-order valence-electron chi connectivity index (χ4n) is 1.54. The van der Waals surface area contributed by atoms with Crippen LogP contribution in [0.3, 0.4) is 0 Å². The molecule has 1 N–H and O–H groups in total. The highest BCUT2D eigenvalue weighted by Crippen LogP contribution is 2.23. The molecule has 0 saturated carbocycles. The van der Waals surface area contributed by atoms with E-state index in [9.17, 15) is 4.79 Å². The molecular weight excluding hydrogens is 256 g/mol. The number of nitrogens with one attached hydrogen (secondary N) is 1. The molecule has 2 rings (SSSR count). The van der Waals surface area contributed by atoms with Gasteiger partial charge in [0.25, 0.3) is 5.91 Å². The van der Waals surface area contributed by atoms with Crippen molar-refractivity contribution in [3.63, 3.8) is 0 Å². The van der Waals surface area contributed by atoms with E-state index >= 15 is 0 Å². The van der Waals surface area contributed by atoms with Crippen molar-refractivity contribution in [3.05, 3.63) is 44.9 Å². The Hall–Kier alpha value is -1.39. The molecule has 0 unspecified atom stereocenters. The van der Waals surface area contributed by atoms with Crippen molar-refractivity contribution >= 4 is 34.5 Å². The first-order chi connectivity index (χ1) is 8.08. The summed E-state index contributed by atoms with van der Waals surface area (Å²) >= 11 is 6.87. The molecule has 0 saturated heterocycles. The molecular formula is C12H11ClN2OS. The van der Waals surface area contributed by atoms with Crippen LogP contribution in [0.1, 0.15) is 20.8 Å². The van der Waals surface area contributed by atoms with E-state index in [-0.39, 0.29) is 5.91 Å². The van der Waals surface area contributed by atoms with Gasteiger partial charge in [-0.1, -0.05) is 41.1 Å². The molecule has 0 aliphatic heterocycles. The van der Waals surface area contributed by atoms with Crippen LogP contribution in [0, 0.1) is 13.8 Å². The van der Waals surface area contributed by atoms with Crippen molar-refractivity contribution < 1.29 is 4.79 Å². The molecule has 5 heteroatoms. The van der Waals surface area contributed by atoms with Crippen LogP contribution in [0.15, 0.2) is 24.4 Å². The normalized spacial score (nSPS) is 10.3. The second-order valence-electron chi connectivity index (χ2n) is 3.70. The number of hydrogen-bond donors (Lipinski definition) is 1. The largest absolute Gasteiger partial charge is 0.321 e. The molecule has 0 aliphatic rings. The van der Waals surface area contributed by atoms with Crippen LogP contribution in [0.5, 0.6) is 0 Å². The molecule has 0 fully saturated rings. The first-order valence-corrected chi connectivity index (χ1v) is 6.26. The number of para-hydroxylation sites is 1. The summed E-state index contributed by atoms with van der Waals surface area (Å²) in [6, 6.07) is 5.88. The summed E-state index contributed by atoms with van der Waals surface area (Å²) in [6.45, 7) is 3.92. The summed E-state index contributed by atoms with van der Waals surface area (Å²) < 4.78 is 0.372. The lowest BCUT2D eigenvalue weighted by molar-refractivity contribution is 0.103. The third kappa shape index (κ3) is 2.65. The van der Waals surface area contributed by atoms with E-state index in [1.807, 2.05) is 32.0 Å². The maximum absolute atomic E-state index is 11.9. The molecule has 2 aromatic rings. The van der Waals surface area contributed by atoms with Gasteiger partial charge in [-0.3, -0.25) is 4.79 Å². The van der Waals surface area contributed by atoms with E-state index in [4.69, 9.17) is 11.6 Å². The highest BCUT2D eigenvalue weighted by Gasteiger charge is 2.12. The van der Waals surface area contributed by atoms with Gasteiger partial charge in [0.1, 0.15) is 4.88 Å². The Labute approximate surface area is 108 Å². The number of thiazole rings is 1. The number of halogens is 1. The maximum Gasteiger partial charge on any atom is 0.267 e. The highest BCUT2D eigenvalue weighted by atomic mass is 35.5. The van der Waals surface area contributed by atoms with E-state index in [0.717, 1.165) is 16.8 Å². The lowest BCUT2D eigenvalue weighted by atomic mass is 10.1. The first kappa shape index (κ1) is 12.1. The molecule has 1 amide bonds. The zero-order valence-electron chi connectivity index (χ0n) is 9.45. The number of rotatable bonds is 2. The second-order valence-corrected chi connectivity index (χ2v) is 5.31. The molecule has 0 spiro atoms. The van der Waals surface area contributed by atoms with Crippen LogP contribution in [-0.4, -0.2) is 10.9 Å². The number of carbonyl (C=O) groups is 1. The van der Waals surface area contributed by atoms with Gasteiger partial charge in [-0.15, -0.1) is 0 Å². The fourth-order valence-corrected chi connectivity index (χ4v) is 2.38. The van der Waals surface area contributed by atoms with Gasteiger partial charge in [-0.2, -0.15) is 0 Å². The van der Waals surface area contributed by atoms with Crippen molar-refractivity contribution in [3.8, 4) is 0 Å². The van der Waals surface area contributed by atoms with Gasteiger partial charge in [0.15, 0.2) is 4.47 Å². The SMILES string of the molecule is Cc1cccc(C)c1NC(=O)c1cnc(Cl)s1. The Balaban J connectivity index is 2.24. The molecule has 17 heavy (non-hydrogen) atoms. The number of nitrogens with zero attached hydrogens (tertiary/aromatic N) is 1. The molecule has 0 bridgehead atoms. The Kier molecular flexibility index (Phi) is 3.45. The minimum Gasteiger partial charge on any atom is -0.321 e. The Morgan fingerprint density at radius 1 is 1.35 bits per heavy atom. The number of benzene rings is 1. The van der Waals surface area contributed by atoms with Gasteiger partial charge in [0.2, 0.25) is 0 Å². The van der Waals surface area contributed by atoms with Crippen molar-refractivity contribution in [2.75, 3.05) is 5.32 Å². The monoisotopic (exact) mass is 266 g/mol. The van der Waals surface area contributed by atoms with E-state index in [0.29, 0.717) is 9.34 Å². The van der Waals surface area contributed by atoms with Gasteiger partial charge in [-0.25, -0.2) is 4.98 Å². The average Bonchev–Trinajstić information content (AvgIpc) is 2.70. The predicted octanol–water partition coefficient (Wildman–Crippen LogP) is 3.67. The zero-order chi connectivity index (χ0) is 12.4. The Morgan fingerprint density at radius 3 is 2.53 bits per heavy atom. The van der Waals surface area contributed by atoms with Crippen LogP contribution in [0.25, 0.3) is 0 Å². The molecule has 1 aromatic carbocycles. The summed E-state index contributed by atoms with van der Waals surface area (Å²) in [5, 5.41) is 2.88. The molecule has 88 valence electrons.